The van der Waals surface area contributed by atoms with Gasteiger partial charge in [0.2, 0.25) is 0 Å². The molecule has 0 amide bonds. The van der Waals surface area contributed by atoms with Gasteiger partial charge in [0.1, 0.15) is 0 Å². The molecule has 1 heterocycles. The van der Waals surface area contributed by atoms with E-state index in [0.29, 0.717) is 0 Å². The Morgan fingerprint density at radius 1 is 1.57 bits per heavy atom. The van der Waals surface area contributed by atoms with E-state index in [1.165, 1.54) is 12.8 Å². The molecule has 0 unspecified atom stereocenters. The lowest BCUT2D eigenvalue weighted by atomic mass is 10.2. The summed E-state index contributed by atoms with van der Waals surface area (Å²) in [6.45, 7) is 3.09. The second kappa shape index (κ2) is 3.48. The Morgan fingerprint density at radius 2 is 2.29 bits per heavy atom. The number of nitrogens with zero attached hydrogens (tertiary/aromatic N) is 2. The molecule has 1 fully saturated rings. The fourth-order valence-corrected chi connectivity index (χ4v) is 1.68. The van der Waals surface area contributed by atoms with Crippen LogP contribution in [-0.2, 0) is 0 Å². The van der Waals surface area contributed by atoms with Gasteiger partial charge in [0.05, 0.1) is 5.69 Å². The summed E-state index contributed by atoms with van der Waals surface area (Å²) in [5.41, 5.74) is 7.82. The minimum Gasteiger partial charge on any atom is -0.396 e. The van der Waals surface area contributed by atoms with Gasteiger partial charge >= 0.3 is 0 Å². The van der Waals surface area contributed by atoms with Crippen molar-refractivity contribution in [3.8, 4) is 0 Å². The Morgan fingerprint density at radius 3 is 2.86 bits per heavy atom. The standard InChI is InChI=1S/C11H17N3/c1-8-5-10(12)11(13-6-8)14(2)7-9-3-4-9/h5-6,9H,3-4,7,12H2,1-2H3. The van der Waals surface area contributed by atoms with Crippen molar-refractivity contribution in [2.75, 3.05) is 24.2 Å². The van der Waals surface area contributed by atoms with Crippen LogP contribution in [0.4, 0.5) is 11.5 Å². The van der Waals surface area contributed by atoms with Crippen LogP contribution in [0.5, 0.6) is 0 Å². The van der Waals surface area contributed by atoms with Crippen molar-refractivity contribution in [1.82, 2.24) is 4.98 Å². The van der Waals surface area contributed by atoms with Crippen molar-refractivity contribution in [1.29, 1.82) is 0 Å². The zero-order valence-electron chi connectivity index (χ0n) is 8.83. The average Bonchev–Trinajstić information content (AvgIpc) is 2.87. The van der Waals surface area contributed by atoms with E-state index < -0.39 is 0 Å². The molecule has 1 aliphatic carbocycles. The zero-order valence-corrected chi connectivity index (χ0v) is 8.83. The topological polar surface area (TPSA) is 42.2 Å². The van der Waals surface area contributed by atoms with Gasteiger partial charge in [0.25, 0.3) is 0 Å². The van der Waals surface area contributed by atoms with Gasteiger partial charge in [-0.15, -0.1) is 0 Å². The minimum absolute atomic E-state index is 0.785. The van der Waals surface area contributed by atoms with Gasteiger partial charge in [0.15, 0.2) is 5.82 Å². The summed E-state index contributed by atoms with van der Waals surface area (Å²) in [7, 11) is 2.06. The molecule has 0 aliphatic heterocycles. The third kappa shape index (κ3) is 1.97. The van der Waals surface area contributed by atoms with Crippen molar-refractivity contribution in [2.45, 2.75) is 19.8 Å². The molecule has 3 nitrogen and oxygen atoms in total. The zero-order chi connectivity index (χ0) is 10.1. The van der Waals surface area contributed by atoms with Gasteiger partial charge in [0, 0.05) is 19.8 Å². The normalized spacial score (nSPS) is 15.6. The summed E-state index contributed by atoms with van der Waals surface area (Å²) in [4.78, 5) is 6.52. The van der Waals surface area contributed by atoms with E-state index in [0.717, 1.165) is 29.5 Å². The van der Waals surface area contributed by atoms with Gasteiger partial charge in [-0.1, -0.05) is 0 Å². The van der Waals surface area contributed by atoms with Crippen LogP contribution >= 0.6 is 0 Å². The number of aromatic nitrogens is 1. The predicted molar refractivity (Wildman–Crippen MR) is 59.4 cm³/mol. The summed E-state index contributed by atoms with van der Waals surface area (Å²) >= 11 is 0. The number of hydrogen-bond acceptors (Lipinski definition) is 3. The quantitative estimate of drug-likeness (QED) is 0.792. The molecule has 0 aromatic carbocycles. The first-order chi connectivity index (χ1) is 6.66. The summed E-state index contributed by atoms with van der Waals surface area (Å²) in [5, 5.41) is 0. The SMILES string of the molecule is Cc1cnc(N(C)CC2CC2)c(N)c1. The molecule has 0 atom stereocenters. The Bertz CT molecular complexity index is 331. The molecule has 1 saturated carbocycles. The smallest absolute Gasteiger partial charge is 0.151 e. The number of aryl methyl sites for hydroxylation is 1. The van der Waals surface area contributed by atoms with Crippen LogP contribution in [-0.4, -0.2) is 18.6 Å². The van der Waals surface area contributed by atoms with E-state index in [1.807, 2.05) is 19.2 Å². The highest BCUT2D eigenvalue weighted by atomic mass is 15.2. The second-order valence-electron chi connectivity index (χ2n) is 4.25. The molecule has 0 spiro atoms. The van der Waals surface area contributed by atoms with Crippen LogP contribution in [0.3, 0.4) is 0 Å². The molecule has 1 aromatic heterocycles. The third-order valence-electron chi connectivity index (χ3n) is 2.62. The summed E-state index contributed by atoms with van der Waals surface area (Å²) < 4.78 is 0. The van der Waals surface area contributed by atoms with E-state index >= 15 is 0 Å². The highest BCUT2D eigenvalue weighted by molar-refractivity contribution is 5.62. The molecule has 76 valence electrons. The van der Waals surface area contributed by atoms with Crippen LogP contribution in [0, 0.1) is 12.8 Å². The van der Waals surface area contributed by atoms with Crippen LogP contribution in [0.15, 0.2) is 12.3 Å². The summed E-state index contributed by atoms with van der Waals surface area (Å²) in [5.74, 6) is 1.78. The molecule has 2 N–H and O–H groups in total. The molecular weight excluding hydrogens is 174 g/mol. The molecule has 1 aliphatic rings. The molecule has 3 heteroatoms. The number of hydrogen-bond donors (Lipinski definition) is 1. The lowest BCUT2D eigenvalue weighted by Crippen LogP contribution is -2.22. The highest BCUT2D eigenvalue weighted by Gasteiger charge is 2.23. The summed E-state index contributed by atoms with van der Waals surface area (Å²) in [6.07, 6.45) is 4.58. The third-order valence-corrected chi connectivity index (χ3v) is 2.62. The maximum absolute atomic E-state index is 5.91. The van der Waals surface area contributed by atoms with Crippen molar-refractivity contribution >= 4 is 11.5 Å². The molecule has 1 aromatic rings. The van der Waals surface area contributed by atoms with E-state index in [4.69, 9.17) is 5.73 Å². The Kier molecular flexibility index (Phi) is 2.32. The molecular formula is C11H17N3. The van der Waals surface area contributed by atoms with Crippen molar-refractivity contribution in [3.63, 3.8) is 0 Å². The lowest BCUT2D eigenvalue weighted by molar-refractivity contribution is 0.778. The van der Waals surface area contributed by atoms with E-state index in [2.05, 4.69) is 16.9 Å². The molecule has 2 rings (SSSR count). The second-order valence-corrected chi connectivity index (χ2v) is 4.25. The van der Waals surface area contributed by atoms with Crippen molar-refractivity contribution < 1.29 is 0 Å². The first kappa shape index (κ1) is 9.31. The number of pyridine rings is 1. The number of anilines is 2. The Balaban J connectivity index is 2.13. The van der Waals surface area contributed by atoms with E-state index in [1.54, 1.807) is 0 Å². The van der Waals surface area contributed by atoms with Gasteiger partial charge in [-0.3, -0.25) is 0 Å². The van der Waals surface area contributed by atoms with E-state index in [-0.39, 0.29) is 0 Å². The molecule has 0 bridgehead atoms. The number of nitrogen functional groups attached to an aromatic ring is 1. The fraction of sp³-hybridized carbons (Fsp3) is 0.545. The minimum atomic E-state index is 0.785. The van der Waals surface area contributed by atoms with Gasteiger partial charge in [-0.2, -0.15) is 0 Å². The average molecular weight is 191 g/mol. The molecule has 0 saturated heterocycles. The molecule has 14 heavy (non-hydrogen) atoms. The number of nitrogens with two attached hydrogens (primary N) is 1. The Labute approximate surface area is 84.9 Å². The summed E-state index contributed by atoms with van der Waals surface area (Å²) in [6, 6.07) is 1.98. The Hall–Kier alpha value is -1.25. The maximum Gasteiger partial charge on any atom is 0.151 e. The van der Waals surface area contributed by atoms with Crippen LogP contribution in [0.25, 0.3) is 0 Å². The van der Waals surface area contributed by atoms with Gasteiger partial charge in [-0.05, 0) is 37.3 Å². The van der Waals surface area contributed by atoms with E-state index in [9.17, 15) is 0 Å². The maximum atomic E-state index is 5.91. The number of rotatable bonds is 3. The predicted octanol–water partition coefficient (Wildman–Crippen LogP) is 1.82. The van der Waals surface area contributed by atoms with Gasteiger partial charge < -0.3 is 10.6 Å². The van der Waals surface area contributed by atoms with Crippen molar-refractivity contribution in [2.24, 2.45) is 5.92 Å². The monoisotopic (exact) mass is 191 g/mol. The van der Waals surface area contributed by atoms with Crippen molar-refractivity contribution in [3.05, 3.63) is 17.8 Å². The van der Waals surface area contributed by atoms with Crippen LogP contribution < -0.4 is 10.6 Å². The lowest BCUT2D eigenvalue weighted by Gasteiger charge is -2.19. The van der Waals surface area contributed by atoms with Crippen LogP contribution in [0.1, 0.15) is 18.4 Å². The first-order valence-electron chi connectivity index (χ1n) is 5.10. The fourth-order valence-electron chi connectivity index (χ4n) is 1.68. The largest absolute Gasteiger partial charge is 0.396 e. The van der Waals surface area contributed by atoms with Crippen LogP contribution in [0.2, 0.25) is 0 Å². The first-order valence-corrected chi connectivity index (χ1v) is 5.10. The highest BCUT2D eigenvalue weighted by Crippen LogP contribution is 2.31. The molecule has 0 radical (unpaired) electrons. The van der Waals surface area contributed by atoms with Gasteiger partial charge in [-0.25, -0.2) is 4.98 Å².